The first-order valence-electron chi connectivity index (χ1n) is 6.13. The number of anilines is 1. The summed E-state index contributed by atoms with van der Waals surface area (Å²) in [4.78, 5) is 0. The van der Waals surface area contributed by atoms with E-state index in [4.69, 9.17) is 0 Å². The molecule has 1 atom stereocenters. The molecule has 0 aliphatic rings. The van der Waals surface area contributed by atoms with Crippen LogP contribution in [-0.4, -0.2) is 10.2 Å². The molecule has 0 spiro atoms. The molecule has 2 rings (SSSR count). The molecule has 1 unspecified atom stereocenters. The predicted molar refractivity (Wildman–Crippen MR) is 72.9 cm³/mol. The summed E-state index contributed by atoms with van der Waals surface area (Å²) in [6.45, 7) is 3.10. The molecule has 0 aliphatic carbocycles. The normalized spacial score (nSPS) is 12.2. The third-order valence-corrected chi connectivity index (χ3v) is 3.11. The molecule has 0 amide bonds. The lowest BCUT2D eigenvalue weighted by Crippen LogP contribution is -2.09. The fraction of sp³-hybridized carbons (Fsp3) is 0.200. The summed E-state index contributed by atoms with van der Waals surface area (Å²) in [7, 11) is 0. The first-order valence-corrected chi connectivity index (χ1v) is 6.13. The zero-order chi connectivity index (χ0) is 14.9. The van der Waals surface area contributed by atoms with Crippen molar-refractivity contribution in [1.82, 2.24) is 0 Å². The van der Waals surface area contributed by atoms with Crippen LogP contribution in [0.25, 0.3) is 0 Å². The largest absolute Gasteiger partial charge is 0.507 e. The molecule has 3 N–H and O–H groups in total. The highest BCUT2D eigenvalue weighted by molar-refractivity contribution is 5.53. The smallest absolute Gasteiger partial charge is 0.146 e. The highest BCUT2D eigenvalue weighted by Crippen LogP contribution is 2.34. The van der Waals surface area contributed by atoms with Crippen LogP contribution < -0.4 is 5.32 Å². The number of aryl methyl sites for hydroxylation is 1. The van der Waals surface area contributed by atoms with Gasteiger partial charge in [-0.05, 0) is 37.6 Å². The van der Waals surface area contributed by atoms with Gasteiger partial charge >= 0.3 is 0 Å². The molecule has 0 saturated heterocycles. The molecule has 0 aromatic heterocycles. The van der Waals surface area contributed by atoms with Gasteiger partial charge in [-0.1, -0.05) is 6.07 Å². The summed E-state index contributed by atoms with van der Waals surface area (Å²) in [6.07, 6.45) is 0. The maximum atomic E-state index is 13.8. The van der Waals surface area contributed by atoms with E-state index in [0.717, 1.165) is 12.1 Å². The fourth-order valence-electron chi connectivity index (χ4n) is 2.05. The third kappa shape index (κ3) is 2.66. The maximum Gasteiger partial charge on any atom is 0.146 e. The lowest BCUT2D eigenvalue weighted by atomic mass is 10.1. The Labute approximate surface area is 115 Å². The van der Waals surface area contributed by atoms with Gasteiger partial charge in [-0.15, -0.1) is 0 Å². The van der Waals surface area contributed by atoms with Gasteiger partial charge in [0.05, 0.1) is 17.3 Å². The highest BCUT2D eigenvalue weighted by atomic mass is 19.1. The number of phenols is 2. The van der Waals surface area contributed by atoms with Crippen LogP contribution in [0.3, 0.4) is 0 Å². The van der Waals surface area contributed by atoms with Gasteiger partial charge in [0.25, 0.3) is 0 Å². The van der Waals surface area contributed by atoms with Gasteiger partial charge in [0.15, 0.2) is 0 Å². The van der Waals surface area contributed by atoms with Crippen LogP contribution in [0.5, 0.6) is 11.5 Å². The average Bonchev–Trinajstić information content (AvgIpc) is 2.35. The monoisotopic (exact) mass is 279 g/mol. The van der Waals surface area contributed by atoms with Crippen molar-refractivity contribution in [2.24, 2.45) is 0 Å². The van der Waals surface area contributed by atoms with E-state index in [2.05, 4.69) is 5.32 Å². The summed E-state index contributed by atoms with van der Waals surface area (Å²) >= 11 is 0. The van der Waals surface area contributed by atoms with Crippen molar-refractivity contribution in [3.8, 4) is 11.5 Å². The molecular weight excluding hydrogens is 264 g/mol. The molecule has 0 radical (unpaired) electrons. The first kappa shape index (κ1) is 14.1. The van der Waals surface area contributed by atoms with Gasteiger partial charge in [-0.25, -0.2) is 8.78 Å². The van der Waals surface area contributed by atoms with Gasteiger partial charge in [-0.3, -0.25) is 0 Å². The van der Waals surface area contributed by atoms with Gasteiger partial charge in [0, 0.05) is 6.07 Å². The number of hydrogen-bond acceptors (Lipinski definition) is 3. The standard InChI is InChI=1S/C15H15F2NO2/c1-8-6-11(17)12(7-10(8)16)18-9(2)15-13(19)4-3-5-14(15)20/h3-7,9,18-20H,1-2H3. The van der Waals surface area contributed by atoms with Crippen LogP contribution in [0.15, 0.2) is 30.3 Å². The Morgan fingerprint density at radius 1 is 1.05 bits per heavy atom. The SMILES string of the molecule is Cc1cc(F)c(NC(C)c2c(O)cccc2O)cc1F. The number of nitrogens with one attached hydrogen (secondary N) is 1. The minimum atomic E-state index is -0.592. The van der Waals surface area contributed by atoms with Crippen LogP contribution in [0, 0.1) is 18.6 Å². The second-order valence-corrected chi connectivity index (χ2v) is 4.66. The van der Waals surface area contributed by atoms with Gasteiger partial charge < -0.3 is 15.5 Å². The Hall–Kier alpha value is -2.30. The molecule has 2 aromatic carbocycles. The average molecular weight is 279 g/mol. The van der Waals surface area contributed by atoms with Gasteiger partial charge in [0.1, 0.15) is 23.1 Å². The summed E-state index contributed by atoms with van der Waals surface area (Å²) < 4.78 is 27.2. The molecule has 3 nitrogen and oxygen atoms in total. The topological polar surface area (TPSA) is 52.5 Å². The van der Waals surface area contributed by atoms with Crippen molar-refractivity contribution in [3.05, 3.63) is 53.1 Å². The highest BCUT2D eigenvalue weighted by Gasteiger charge is 2.17. The van der Waals surface area contributed by atoms with Crippen molar-refractivity contribution in [1.29, 1.82) is 0 Å². The van der Waals surface area contributed by atoms with Crippen molar-refractivity contribution in [3.63, 3.8) is 0 Å². The third-order valence-electron chi connectivity index (χ3n) is 3.11. The summed E-state index contributed by atoms with van der Waals surface area (Å²) in [6, 6.07) is 5.88. The van der Waals surface area contributed by atoms with Gasteiger partial charge in [-0.2, -0.15) is 0 Å². The lowest BCUT2D eigenvalue weighted by Gasteiger charge is -2.18. The predicted octanol–water partition coefficient (Wildman–Crippen LogP) is 3.86. The van der Waals surface area contributed by atoms with Crippen molar-refractivity contribution >= 4 is 5.69 Å². The van der Waals surface area contributed by atoms with E-state index in [1.165, 1.54) is 25.1 Å². The Balaban J connectivity index is 2.33. The molecule has 0 bridgehead atoms. The Kier molecular flexibility index (Phi) is 3.79. The van der Waals surface area contributed by atoms with Gasteiger partial charge in [0.2, 0.25) is 0 Å². The van der Waals surface area contributed by atoms with Crippen molar-refractivity contribution < 1.29 is 19.0 Å². The van der Waals surface area contributed by atoms with Crippen LogP contribution in [-0.2, 0) is 0 Å². The number of rotatable bonds is 3. The zero-order valence-electron chi connectivity index (χ0n) is 11.1. The van der Waals surface area contributed by atoms with E-state index >= 15 is 0 Å². The summed E-state index contributed by atoms with van der Waals surface area (Å²) in [5.74, 6) is -1.34. The quantitative estimate of drug-likeness (QED) is 0.799. The molecule has 2 aromatic rings. The van der Waals surface area contributed by atoms with Crippen molar-refractivity contribution in [2.75, 3.05) is 5.32 Å². The van der Waals surface area contributed by atoms with Crippen LogP contribution in [0.1, 0.15) is 24.1 Å². The zero-order valence-corrected chi connectivity index (χ0v) is 11.1. The van der Waals surface area contributed by atoms with E-state index in [1.807, 2.05) is 0 Å². The first-order chi connectivity index (χ1) is 9.40. The van der Waals surface area contributed by atoms with Crippen molar-refractivity contribution in [2.45, 2.75) is 19.9 Å². The Morgan fingerprint density at radius 2 is 1.65 bits per heavy atom. The minimum absolute atomic E-state index is 0.0248. The second-order valence-electron chi connectivity index (χ2n) is 4.66. The molecule has 5 heteroatoms. The molecule has 0 heterocycles. The molecule has 20 heavy (non-hydrogen) atoms. The maximum absolute atomic E-state index is 13.8. The minimum Gasteiger partial charge on any atom is -0.507 e. The summed E-state index contributed by atoms with van der Waals surface area (Å²) in [5.41, 5.74) is 0.419. The number of hydrogen-bond donors (Lipinski definition) is 3. The Bertz CT molecular complexity index is 624. The van der Waals surface area contributed by atoms with E-state index < -0.39 is 17.7 Å². The van der Waals surface area contributed by atoms with E-state index in [1.54, 1.807) is 6.92 Å². The fourth-order valence-corrected chi connectivity index (χ4v) is 2.05. The number of halogens is 2. The molecule has 0 aliphatic heterocycles. The van der Waals surface area contributed by atoms with E-state index in [0.29, 0.717) is 0 Å². The molecule has 0 fully saturated rings. The summed E-state index contributed by atoms with van der Waals surface area (Å²) in [5, 5.41) is 22.2. The number of benzene rings is 2. The number of phenolic OH excluding ortho intramolecular Hbond substituents is 2. The lowest BCUT2D eigenvalue weighted by molar-refractivity contribution is 0.434. The molecule has 106 valence electrons. The van der Waals surface area contributed by atoms with Crippen LogP contribution >= 0.6 is 0 Å². The van der Waals surface area contributed by atoms with Crippen LogP contribution in [0.2, 0.25) is 0 Å². The van der Waals surface area contributed by atoms with E-state index in [-0.39, 0.29) is 28.3 Å². The van der Waals surface area contributed by atoms with E-state index in [9.17, 15) is 19.0 Å². The molecular formula is C15H15F2NO2. The Morgan fingerprint density at radius 3 is 2.25 bits per heavy atom. The number of aromatic hydroxyl groups is 2. The van der Waals surface area contributed by atoms with Crippen LogP contribution in [0.4, 0.5) is 14.5 Å². The molecule has 0 saturated carbocycles. The second kappa shape index (κ2) is 5.36.